The highest BCUT2D eigenvalue weighted by Gasteiger charge is 2.16. The second-order valence-electron chi connectivity index (χ2n) is 3.86. The molecule has 0 aromatic heterocycles. The Morgan fingerprint density at radius 3 is 2.37 bits per heavy atom. The number of hydrogen-bond donors (Lipinski definition) is 0. The minimum absolute atomic E-state index is 0.0194. The maximum absolute atomic E-state index is 12.1. The van der Waals surface area contributed by atoms with E-state index in [-0.39, 0.29) is 5.78 Å². The first-order valence-corrected chi connectivity index (χ1v) is 7.23. The van der Waals surface area contributed by atoms with Crippen LogP contribution in [0.5, 0.6) is 11.5 Å². The second-order valence-corrected chi connectivity index (χ2v) is 4.65. The highest BCUT2D eigenvalue weighted by Crippen LogP contribution is 2.33. The third-order valence-electron chi connectivity index (χ3n) is 2.47. The molecule has 106 valence electrons. The molecule has 0 heterocycles. The van der Waals surface area contributed by atoms with Crippen molar-refractivity contribution in [2.75, 3.05) is 19.1 Å². The first kappa shape index (κ1) is 16.1. The van der Waals surface area contributed by atoms with Gasteiger partial charge in [0.05, 0.1) is 23.8 Å². The van der Waals surface area contributed by atoms with Crippen LogP contribution < -0.4 is 9.47 Å². The zero-order chi connectivity index (χ0) is 14.3. The third kappa shape index (κ3) is 4.59. The van der Waals surface area contributed by atoms with Gasteiger partial charge in [0.15, 0.2) is 5.78 Å². The van der Waals surface area contributed by atoms with E-state index in [4.69, 9.17) is 32.7 Å². The molecule has 0 bridgehead atoms. The summed E-state index contributed by atoms with van der Waals surface area (Å²) < 4.78 is 10.9. The van der Waals surface area contributed by atoms with Crippen molar-refractivity contribution < 1.29 is 14.3 Å². The summed E-state index contributed by atoms with van der Waals surface area (Å²) in [6.07, 6.45) is 1.02. The van der Waals surface area contributed by atoms with Gasteiger partial charge in [0.1, 0.15) is 11.5 Å². The van der Waals surface area contributed by atoms with E-state index in [0.717, 1.165) is 0 Å². The SMILES string of the molecule is CCOc1cc(OCC)c(C(=O)CCCCl)cc1Cl. The van der Waals surface area contributed by atoms with Crippen LogP contribution in [0.4, 0.5) is 0 Å². The van der Waals surface area contributed by atoms with E-state index in [1.165, 1.54) is 0 Å². The second kappa shape index (κ2) is 8.28. The number of ether oxygens (including phenoxy) is 2. The van der Waals surface area contributed by atoms with E-state index in [1.54, 1.807) is 12.1 Å². The lowest BCUT2D eigenvalue weighted by Crippen LogP contribution is -2.05. The van der Waals surface area contributed by atoms with E-state index in [0.29, 0.717) is 54.0 Å². The Balaban J connectivity index is 3.07. The highest BCUT2D eigenvalue weighted by atomic mass is 35.5. The first-order valence-electron chi connectivity index (χ1n) is 6.32. The Hall–Kier alpha value is -0.930. The van der Waals surface area contributed by atoms with Crippen LogP contribution in [0.15, 0.2) is 12.1 Å². The molecule has 1 aromatic rings. The Morgan fingerprint density at radius 1 is 1.16 bits per heavy atom. The molecule has 19 heavy (non-hydrogen) atoms. The predicted molar refractivity (Wildman–Crippen MR) is 78.1 cm³/mol. The zero-order valence-corrected chi connectivity index (χ0v) is 12.7. The van der Waals surface area contributed by atoms with Crippen LogP contribution in [0.25, 0.3) is 0 Å². The van der Waals surface area contributed by atoms with Gasteiger partial charge in [-0.15, -0.1) is 11.6 Å². The molecule has 0 fully saturated rings. The molecule has 0 atom stereocenters. The molecule has 0 saturated carbocycles. The lowest BCUT2D eigenvalue weighted by molar-refractivity contribution is 0.0978. The quantitative estimate of drug-likeness (QED) is 0.529. The normalized spacial score (nSPS) is 10.3. The van der Waals surface area contributed by atoms with Crippen LogP contribution in [-0.4, -0.2) is 24.9 Å². The fourth-order valence-electron chi connectivity index (χ4n) is 1.66. The average molecular weight is 305 g/mol. The molecular formula is C14H18Cl2O3. The van der Waals surface area contributed by atoms with Gasteiger partial charge in [0.2, 0.25) is 0 Å². The highest BCUT2D eigenvalue weighted by molar-refractivity contribution is 6.32. The summed E-state index contributed by atoms with van der Waals surface area (Å²) in [5.41, 5.74) is 0.486. The molecule has 1 rings (SSSR count). The molecular weight excluding hydrogens is 287 g/mol. The van der Waals surface area contributed by atoms with Gasteiger partial charge in [0.25, 0.3) is 0 Å². The van der Waals surface area contributed by atoms with Crippen molar-refractivity contribution in [3.63, 3.8) is 0 Å². The van der Waals surface area contributed by atoms with Crippen LogP contribution in [0.2, 0.25) is 5.02 Å². The van der Waals surface area contributed by atoms with Crippen LogP contribution in [0.1, 0.15) is 37.0 Å². The largest absolute Gasteiger partial charge is 0.493 e. The van der Waals surface area contributed by atoms with Gasteiger partial charge in [-0.1, -0.05) is 11.6 Å². The van der Waals surface area contributed by atoms with Crippen molar-refractivity contribution >= 4 is 29.0 Å². The fraction of sp³-hybridized carbons (Fsp3) is 0.500. The molecule has 0 unspecified atom stereocenters. The van der Waals surface area contributed by atoms with Crippen LogP contribution in [0, 0.1) is 0 Å². The molecule has 0 saturated heterocycles. The summed E-state index contributed by atoms with van der Waals surface area (Å²) in [5, 5.41) is 0.416. The summed E-state index contributed by atoms with van der Waals surface area (Å²) >= 11 is 11.7. The Kier molecular flexibility index (Phi) is 7.03. The maximum Gasteiger partial charge on any atom is 0.166 e. The maximum atomic E-state index is 12.1. The number of carbonyl (C=O) groups is 1. The number of alkyl halides is 1. The molecule has 0 aliphatic rings. The molecule has 3 nitrogen and oxygen atoms in total. The van der Waals surface area contributed by atoms with Gasteiger partial charge in [-0.25, -0.2) is 0 Å². The van der Waals surface area contributed by atoms with Crippen molar-refractivity contribution in [3.8, 4) is 11.5 Å². The Morgan fingerprint density at radius 2 is 1.79 bits per heavy atom. The number of Topliss-reactive ketones (excluding diaryl/α,β-unsaturated/α-hetero) is 1. The molecule has 0 spiro atoms. The lowest BCUT2D eigenvalue weighted by atomic mass is 10.1. The molecule has 5 heteroatoms. The minimum Gasteiger partial charge on any atom is -0.493 e. The van der Waals surface area contributed by atoms with E-state index in [9.17, 15) is 4.79 Å². The summed E-state index contributed by atoms with van der Waals surface area (Å²) in [4.78, 5) is 12.1. The smallest absolute Gasteiger partial charge is 0.166 e. The average Bonchev–Trinajstić information content (AvgIpc) is 2.40. The zero-order valence-electron chi connectivity index (χ0n) is 11.2. The van der Waals surface area contributed by atoms with Crippen LogP contribution >= 0.6 is 23.2 Å². The van der Waals surface area contributed by atoms with E-state index < -0.39 is 0 Å². The predicted octanol–water partition coefficient (Wildman–Crippen LogP) is 4.34. The molecule has 0 aliphatic carbocycles. The molecule has 1 aromatic carbocycles. The third-order valence-corrected chi connectivity index (χ3v) is 3.03. The fourth-order valence-corrected chi connectivity index (χ4v) is 2.01. The van der Waals surface area contributed by atoms with Gasteiger partial charge in [-0.05, 0) is 26.3 Å². The summed E-state index contributed by atoms with van der Waals surface area (Å²) in [6, 6.07) is 3.28. The molecule has 0 aliphatic heterocycles. The number of carbonyl (C=O) groups excluding carboxylic acids is 1. The number of hydrogen-bond acceptors (Lipinski definition) is 3. The lowest BCUT2D eigenvalue weighted by Gasteiger charge is -2.13. The van der Waals surface area contributed by atoms with E-state index >= 15 is 0 Å². The number of halogens is 2. The molecule has 0 amide bonds. The Labute approximate surface area is 123 Å². The van der Waals surface area contributed by atoms with Gasteiger partial charge < -0.3 is 9.47 Å². The topological polar surface area (TPSA) is 35.5 Å². The van der Waals surface area contributed by atoms with Crippen LogP contribution in [-0.2, 0) is 0 Å². The summed E-state index contributed by atoms with van der Waals surface area (Å²) in [6.45, 7) is 4.71. The van der Waals surface area contributed by atoms with Gasteiger partial charge in [0, 0.05) is 18.4 Å². The van der Waals surface area contributed by atoms with Crippen molar-refractivity contribution in [1.29, 1.82) is 0 Å². The minimum atomic E-state index is -0.0194. The van der Waals surface area contributed by atoms with Crippen molar-refractivity contribution in [2.24, 2.45) is 0 Å². The van der Waals surface area contributed by atoms with Crippen LogP contribution in [0.3, 0.4) is 0 Å². The van der Waals surface area contributed by atoms with Gasteiger partial charge in [-0.3, -0.25) is 4.79 Å². The molecule has 0 N–H and O–H groups in total. The number of benzene rings is 1. The van der Waals surface area contributed by atoms with Gasteiger partial charge in [-0.2, -0.15) is 0 Å². The Bertz CT molecular complexity index is 433. The number of rotatable bonds is 8. The summed E-state index contributed by atoms with van der Waals surface area (Å²) in [7, 11) is 0. The van der Waals surface area contributed by atoms with Crippen molar-refractivity contribution in [1.82, 2.24) is 0 Å². The standard InChI is InChI=1S/C14H18Cl2O3/c1-3-18-13-9-14(19-4-2)11(16)8-10(13)12(17)6-5-7-15/h8-9H,3-7H2,1-2H3. The molecule has 0 radical (unpaired) electrons. The monoisotopic (exact) mass is 304 g/mol. The van der Waals surface area contributed by atoms with E-state index in [1.807, 2.05) is 13.8 Å². The van der Waals surface area contributed by atoms with Gasteiger partial charge >= 0.3 is 0 Å². The van der Waals surface area contributed by atoms with E-state index in [2.05, 4.69) is 0 Å². The number of ketones is 1. The van der Waals surface area contributed by atoms with Crippen molar-refractivity contribution in [3.05, 3.63) is 22.7 Å². The van der Waals surface area contributed by atoms with Crippen molar-refractivity contribution in [2.45, 2.75) is 26.7 Å². The first-order chi connectivity index (χ1) is 9.13. The summed E-state index contributed by atoms with van der Waals surface area (Å²) in [5.74, 6) is 1.48.